The van der Waals surface area contributed by atoms with E-state index in [-0.39, 0.29) is 18.8 Å². The lowest BCUT2D eigenvalue weighted by Crippen LogP contribution is -2.31. The Morgan fingerprint density at radius 3 is 2.81 bits per heavy atom. The second-order valence-electron chi connectivity index (χ2n) is 9.07. The number of hydrogen-bond donors (Lipinski definition) is 2. The summed E-state index contributed by atoms with van der Waals surface area (Å²) >= 11 is 12.4. The number of nitrogens with zero attached hydrogens (tertiary/aromatic N) is 5. The quantitative estimate of drug-likeness (QED) is 0.395. The molecule has 1 unspecified atom stereocenters. The molecule has 0 radical (unpaired) electrons. The van der Waals surface area contributed by atoms with Crippen molar-refractivity contribution in [2.24, 2.45) is 0 Å². The first-order valence-corrected chi connectivity index (χ1v) is 12.3. The summed E-state index contributed by atoms with van der Waals surface area (Å²) in [5, 5.41) is 9.25. The van der Waals surface area contributed by atoms with E-state index in [4.69, 9.17) is 37.7 Å². The van der Waals surface area contributed by atoms with E-state index in [9.17, 15) is 4.79 Å². The van der Waals surface area contributed by atoms with Crippen molar-refractivity contribution in [1.29, 1.82) is 0 Å². The number of pyridine rings is 1. The first-order chi connectivity index (χ1) is 17.4. The standard InChI is InChI=1S/C24H23Cl2N7O3/c1-32-5-4-14(9-32)36-24(34)33-10-20-21(11-33)29-23(28-20)22-15-6-13(2-3-19(15)30-31-22)35-12-16-17(25)7-27-8-18(16)26/h2-3,6-8,14H,4-5,9-12H2,1H3,(H,28,29)(H,30,31). The van der Waals surface area contributed by atoms with Crippen molar-refractivity contribution in [3.8, 4) is 17.3 Å². The molecular formula is C24H23Cl2N7O3. The first-order valence-electron chi connectivity index (χ1n) is 11.6. The summed E-state index contributed by atoms with van der Waals surface area (Å²) in [5.74, 6) is 1.27. The molecule has 10 nitrogen and oxygen atoms in total. The zero-order chi connectivity index (χ0) is 24.8. The van der Waals surface area contributed by atoms with Gasteiger partial charge in [0.25, 0.3) is 0 Å². The summed E-state index contributed by atoms with van der Waals surface area (Å²) in [7, 11) is 2.03. The maximum Gasteiger partial charge on any atom is 0.410 e. The van der Waals surface area contributed by atoms with E-state index in [0.29, 0.717) is 46.0 Å². The molecule has 0 bridgehead atoms. The number of aromatic nitrogens is 5. The number of imidazole rings is 1. The zero-order valence-electron chi connectivity index (χ0n) is 19.4. The van der Waals surface area contributed by atoms with Crippen molar-refractivity contribution in [2.45, 2.75) is 32.2 Å². The molecule has 36 heavy (non-hydrogen) atoms. The maximum atomic E-state index is 12.6. The third-order valence-corrected chi connectivity index (χ3v) is 7.17. The highest BCUT2D eigenvalue weighted by molar-refractivity contribution is 6.35. The third kappa shape index (κ3) is 4.36. The fourth-order valence-electron chi connectivity index (χ4n) is 4.58. The van der Waals surface area contributed by atoms with Crippen LogP contribution < -0.4 is 4.74 Å². The molecule has 0 spiro atoms. The molecule has 1 aromatic carbocycles. The van der Waals surface area contributed by atoms with Crippen LogP contribution in [0.15, 0.2) is 30.6 Å². The van der Waals surface area contributed by atoms with Crippen molar-refractivity contribution in [3.63, 3.8) is 0 Å². The molecule has 1 atom stereocenters. The minimum Gasteiger partial charge on any atom is -0.489 e. The number of benzene rings is 1. The lowest BCUT2D eigenvalue weighted by Gasteiger charge is -2.19. The van der Waals surface area contributed by atoms with Crippen LogP contribution in [0.25, 0.3) is 22.4 Å². The molecule has 0 saturated carbocycles. The summed E-state index contributed by atoms with van der Waals surface area (Å²) in [6, 6.07) is 5.64. The third-order valence-electron chi connectivity index (χ3n) is 6.52. The van der Waals surface area contributed by atoms with Crippen molar-refractivity contribution in [1.82, 2.24) is 34.9 Å². The number of fused-ring (bicyclic) bond motifs is 2. The zero-order valence-corrected chi connectivity index (χ0v) is 20.9. The number of halogens is 2. The van der Waals surface area contributed by atoms with Gasteiger partial charge in [-0.05, 0) is 31.7 Å². The van der Waals surface area contributed by atoms with Crippen LogP contribution in [0, 0.1) is 0 Å². The highest BCUT2D eigenvalue weighted by Crippen LogP contribution is 2.32. The number of hydrogen-bond acceptors (Lipinski definition) is 7. The van der Waals surface area contributed by atoms with E-state index in [2.05, 4.69) is 25.1 Å². The number of nitrogens with one attached hydrogen (secondary N) is 2. The average molecular weight is 528 g/mol. The molecule has 4 aromatic rings. The van der Waals surface area contributed by atoms with Gasteiger partial charge in [-0.25, -0.2) is 9.78 Å². The Kier molecular flexibility index (Phi) is 5.94. The molecule has 0 aliphatic carbocycles. The fraction of sp³-hybridized carbons (Fsp3) is 0.333. The predicted molar refractivity (Wildman–Crippen MR) is 134 cm³/mol. The number of ether oxygens (including phenoxy) is 2. The van der Waals surface area contributed by atoms with E-state index in [1.165, 1.54) is 12.4 Å². The van der Waals surface area contributed by atoms with Crippen LogP contribution in [-0.4, -0.2) is 67.3 Å². The molecule has 1 saturated heterocycles. The smallest absolute Gasteiger partial charge is 0.410 e. The summed E-state index contributed by atoms with van der Waals surface area (Å²) < 4.78 is 11.6. The molecule has 186 valence electrons. The topological polar surface area (TPSA) is 112 Å². The van der Waals surface area contributed by atoms with Gasteiger partial charge in [-0.15, -0.1) is 0 Å². The van der Waals surface area contributed by atoms with Crippen LogP contribution in [0.1, 0.15) is 23.4 Å². The lowest BCUT2D eigenvalue weighted by molar-refractivity contribution is 0.0655. The molecule has 2 aliphatic rings. The summed E-state index contributed by atoms with van der Waals surface area (Å²) in [4.78, 5) is 28.5. The first kappa shape index (κ1) is 23.1. The Morgan fingerprint density at radius 2 is 2.06 bits per heavy atom. The van der Waals surface area contributed by atoms with E-state index in [1.807, 2.05) is 25.2 Å². The van der Waals surface area contributed by atoms with Gasteiger partial charge < -0.3 is 19.4 Å². The fourth-order valence-corrected chi connectivity index (χ4v) is 5.05. The summed E-state index contributed by atoms with van der Waals surface area (Å²) in [6.07, 6.45) is 3.58. The Hall–Kier alpha value is -3.34. The highest BCUT2D eigenvalue weighted by Gasteiger charge is 2.31. The van der Waals surface area contributed by atoms with Crippen molar-refractivity contribution >= 4 is 40.2 Å². The average Bonchev–Trinajstić information content (AvgIpc) is 3.61. The monoisotopic (exact) mass is 527 g/mol. The van der Waals surface area contributed by atoms with Crippen LogP contribution >= 0.6 is 23.2 Å². The SMILES string of the molecule is CN1CCC(OC(=O)N2Cc3nc(-c4n[nH]c5ccc(OCc6c(Cl)cncc6Cl)cc45)[nH]c3C2)C1. The van der Waals surface area contributed by atoms with Gasteiger partial charge in [0, 0.05) is 36.4 Å². The molecule has 2 aliphatic heterocycles. The number of aromatic amines is 2. The van der Waals surface area contributed by atoms with Gasteiger partial charge in [-0.3, -0.25) is 15.0 Å². The number of likely N-dealkylation sites (N-methyl/N-ethyl adjacent to an activating group) is 1. The van der Waals surface area contributed by atoms with E-state index in [1.54, 1.807) is 4.90 Å². The molecule has 1 fully saturated rings. The Balaban J connectivity index is 1.17. The predicted octanol–water partition coefficient (Wildman–Crippen LogP) is 4.39. The molecule has 1 amide bonds. The highest BCUT2D eigenvalue weighted by atomic mass is 35.5. The van der Waals surface area contributed by atoms with Gasteiger partial charge in [0.15, 0.2) is 5.82 Å². The number of likely N-dealkylation sites (tertiary alicyclic amines) is 1. The van der Waals surface area contributed by atoms with E-state index < -0.39 is 0 Å². The van der Waals surface area contributed by atoms with Crippen LogP contribution in [0.3, 0.4) is 0 Å². The van der Waals surface area contributed by atoms with Crippen LogP contribution in [-0.2, 0) is 24.4 Å². The lowest BCUT2D eigenvalue weighted by atomic mass is 10.2. The van der Waals surface area contributed by atoms with Gasteiger partial charge in [0.1, 0.15) is 24.2 Å². The Morgan fingerprint density at radius 1 is 1.22 bits per heavy atom. The van der Waals surface area contributed by atoms with Crippen molar-refractivity contribution in [2.75, 3.05) is 20.1 Å². The minimum absolute atomic E-state index is 0.0533. The largest absolute Gasteiger partial charge is 0.489 e. The van der Waals surface area contributed by atoms with Crippen LogP contribution in [0.2, 0.25) is 10.0 Å². The molecule has 3 aromatic heterocycles. The van der Waals surface area contributed by atoms with Gasteiger partial charge in [-0.2, -0.15) is 5.10 Å². The van der Waals surface area contributed by atoms with Crippen LogP contribution in [0.4, 0.5) is 4.79 Å². The molecule has 5 heterocycles. The summed E-state index contributed by atoms with van der Waals surface area (Å²) in [5.41, 5.74) is 3.90. The van der Waals surface area contributed by atoms with Gasteiger partial charge in [0.05, 0.1) is 40.0 Å². The second-order valence-corrected chi connectivity index (χ2v) is 9.89. The normalized spacial score (nSPS) is 17.6. The van der Waals surface area contributed by atoms with Crippen molar-refractivity contribution in [3.05, 3.63) is 57.6 Å². The maximum absolute atomic E-state index is 12.6. The molecule has 2 N–H and O–H groups in total. The van der Waals surface area contributed by atoms with E-state index in [0.717, 1.165) is 41.8 Å². The van der Waals surface area contributed by atoms with Gasteiger partial charge in [0.2, 0.25) is 0 Å². The second kappa shape index (κ2) is 9.27. The number of H-pyrrole nitrogens is 2. The minimum atomic E-state index is -0.301. The number of rotatable bonds is 5. The van der Waals surface area contributed by atoms with Gasteiger partial charge >= 0.3 is 6.09 Å². The number of carbonyl (C=O) groups excluding carboxylic acids is 1. The van der Waals surface area contributed by atoms with Crippen LogP contribution in [0.5, 0.6) is 5.75 Å². The van der Waals surface area contributed by atoms with Gasteiger partial charge in [-0.1, -0.05) is 23.2 Å². The number of carbonyl (C=O) groups is 1. The Bertz CT molecular complexity index is 1410. The van der Waals surface area contributed by atoms with Crippen molar-refractivity contribution < 1.29 is 14.3 Å². The molecule has 12 heteroatoms. The number of amides is 1. The van der Waals surface area contributed by atoms with E-state index >= 15 is 0 Å². The molecular weight excluding hydrogens is 505 g/mol. The Labute approximate surface area is 216 Å². The molecule has 6 rings (SSSR count). The summed E-state index contributed by atoms with van der Waals surface area (Å²) in [6.45, 7) is 2.74.